The van der Waals surface area contributed by atoms with E-state index in [0.29, 0.717) is 78.1 Å². The SMILES string of the molecule is COc1cccc(-c2cnn(C)c2C(=O)CO)n1.COc1cccc(-c2cnn(C)c2C(=O)[O-])n1.Cc1nc(-c2cnn(C)c2C(=O)CO)cs1.Cc1nnc(-c2cnn(C)c2C(=O)CO)s1.Cc1nnc(-c2cnn(C)c2C(=O)O)s1.[Na+]. The van der Waals surface area contributed by atoms with Crippen LogP contribution in [0.25, 0.3) is 54.9 Å². The number of hydrogen-bond donors (Lipinski definition) is 4. The van der Waals surface area contributed by atoms with Crippen LogP contribution in [0.5, 0.6) is 11.8 Å². The van der Waals surface area contributed by atoms with Crippen molar-refractivity contribution in [3.63, 3.8) is 0 Å². The third-order valence-electron chi connectivity index (χ3n) is 11.1. The molecule has 33 heteroatoms. The molecule has 0 aliphatic heterocycles. The van der Waals surface area contributed by atoms with Gasteiger partial charge in [0, 0.05) is 63.9 Å². The second-order valence-electron chi connectivity index (χ2n) is 16.6. The third kappa shape index (κ3) is 16.0. The average Bonchev–Trinajstić information content (AvgIpc) is 4.46. The Morgan fingerprint density at radius 2 is 0.843 bits per heavy atom. The number of aryl methyl sites for hydroxylation is 8. The number of ketones is 3. The summed E-state index contributed by atoms with van der Waals surface area (Å²) in [6, 6.07) is 10.3. The Morgan fingerprint density at radius 3 is 1.18 bits per heavy atom. The number of aliphatic hydroxyl groups is 3. The van der Waals surface area contributed by atoms with Crippen molar-refractivity contribution < 1.29 is 88.5 Å². The second-order valence-corrected chi connectivity index (χ2v) is 20.0. The van der Waals surface area contributed by atoms with Crippen LogP contribution in [0.15, 0.2) is 72.8 Å². The van der Waals surface area contributed by atoms with Crippen LogP contribution in [0.1, 0.15) is 67.5 Å². The molecule has 10 rings (SSSR count). The van der Waals surface area contributed by atoms with Crippen LogP contribution in [-0.4, -0.2) is 168 Å². The number of carboxylic acid groups (broad SMARTS) is 2. The maximum Gasteiger partial charge on any atom is 1.00 e. The van der Waals surface area contributed by atoms with E-state index in [-0.39, 0.29) is 52.5 Å². The first-order valence-electron chi connectivity index (χ1n) is 23.7. The molecule has 0 spiro atoms. The van der Waals surface area contributed by atoms with Crippen molar-refractivity contribution in [3.8, 4) is 66.7 Å². The average molecular weight is 1200 g/mol. The molecule has 0 saturated heterocycles. The number of aliphatic hydroxyl groups excluding tert-OH is 3. The van der Waals surface area contributed by atoms with Gasteiger partial charge < -0.3 is 39.8 Å². The van der Waals surface area contributed by atoms with Gasteiger partial charge in [-0.05, 0) is 32.9 Å². The van der Waals surface area contributed by atoms with E-state index in [1.807, 2.05) is 26.2 Å². The van der Waals surface area contributed by atoms with Gasteiger partial charge in [0.05, 0.1) is 95.6 Å². The molecule has 4 N–H and O–H groups in total. The van der Waals surface area contributed by atoms with Gasteiger partial charge in [-0.3, -0.25) is 37.8 Å². The van der Waals surface area contributed by atoms with Crippen molar-refractivity contribution in [1.82, 2.24) is 84.2 Å². The normalized spacial score (nSPS) is 10.4. The zero-order valence-corrected chi connectivity index (χ0v) is 50.9. The van der Waals surface area contributed by atoms with Crippen LogP contribution < -0.4 is 44.1 Å². The van der Waals surface area contributed by atoms with E-state index < -0.39 is 37.5 Å². The first-order valence-corrected chi connectivity index (χ1v) is 26.2. The van der Waals surface area contributed by atoms with Crippen molar-refractivity contribution in [2.75, 3.05) is 34.0 Å². The minimum atomic E-state index is -1.29. The number of Topliss-reactive ketones (excluding diaryl/α,β-unsaturated/α-hetero) is 3. The topological polar surface area (TPSA) is 387 Å². The van der Waals surface area contributed by atoms with Gasteiger partial charge in [-0.15, -0.1) is 31.7 Å². The van der Waals surface area contributed by atoms with E-state index in [9.17, 15) is 29.1 Å². The fraction of sp³-hybridized carbons (Fsp3) is 0.260. The summed E-state index contributed by atoms with van der Waals surface area (Å²) in [5.74, 6) is -2.55. The summed E-state index contributed by atoms with van der Waals surface area (Å²) in [4.78, 5) is 69.5. The molecule has 29 nitrogen and oxygen atoms in total. The third-order valence-corrected chi connectivity index (χ3v) is 13.7. The summed E-state index contributed by atoms with van der Waals surface area (Å²) in [5.41, 5.74) is 5.79. The summed E-state index contributed by atoms with van der Waals surface area (Å²) < 4.78 is 16.9. The Bertz CT molecular complexity index is 3780. The Balaban J connectivity index is 0.000000190. The van der Waals surface area contributed by atoms with Crippen LogP contribution in [0.2, 0.25) is 0 Å². The number of rotatable bonds is 15. The quantitative estimate of drug-likeness (QED) is 0.0770. The fourth-order valence-electron chi connectivity index (χ4n) is 7.43. The van der Waals surface area contributed by atoms with E-state index in [2.05, 4.69) is 60.8 Å². The number of carbonyl (C=O) groups is 5. The molecular weight excluding hydrogens is 1150 g/mol. The van der Waals surface area contributed by atoms with Crippen molar-refractivity contribution >= 4 is 63.3 Å². The molecule has 0 aromatic carbocycles. The van der Waals surface area contributed by atoms with Crippen LogP contribution >= 0.6 is 34.0 Å². The van der Waals surface area contributed by atoms with E-state index in [1.165, 1.54) is 91.1 Å². The largest absolute Gasteiger partial charge is 1.00 e. The van der Waals surface area contributed by atoms with E-state index in [1.54, 1.807) is 83.2 Å². The van der Waals surface area contributed by atoms with Gasteiger partial charge in [0.25, 0.3) is 0 Å². The van der Waals surface area contributed by atoms with Crippen molar-refractivity contribution in [3.05, 3.63) is 116 Å². The molecule has 0 bridgehead atoms. The van der Waals surface area contributed by atoms with E-state index >= 15 is 0 Å². The molecule has 10 aromatic rings. The van der Waals surface area contributed by atoms with Gasteiger partial charge in [-0.1, -0.05) is 34.8 Å². The van der Waals surface area contributed by atoms with E-state index in [4.69, 9.17) is 29.9 Å². The van der Waals surface area contributed by atoms with Crippen LogP contribution in [-0.2, 0) is 35.2 Å². The smallest absolute Gasteiger partial charge is 0.543 e. The number of carboxylic acids is 2. The van der Waals surface area contributed by atoms with Gasteiger partial charge in [-0.2, -0.15) is 25.5 Å². The van der Waals surface area contributed by atoms with Gasteiger partial charge in [-0.25, -0.2) is 19.7 Å². The molecule has 0 unspecified atom stereocenters. The zero-order chi connectivity index (χ0) is 59.9. The number of hydrogen-bond acceptors (Lipinski definition) is 26. The number of aromatic carboxylic acids is 2. The summed E-state index contributed by atoms with van der Waals surface area (Å²) in [5, 5.41) is 87.8. The molecule has 0 radical (unpaired) electrons. The van der Waals surface area contributed by atoms with Gasteiger partial charge in [0.2, 0.25) is 29.1 Å². The maximum atomic E-state index is 11.7. The second kappa shape index (κ2) is 30.0. The van der Waals surface area contributed by atoms with Gasteiger partial charge >= 0.3 is 35.5 Å². The molecule has 0 saturated carbocycles. The Kier molecular flexibility index (Phi) is 23.6. The maximum absolute atomic E-state index is 11.7. The number of methoxy groups -OCH3 is 2. The van der Waals surface area contributed by atoms with Gasteiger partial charge in [0.15, 0.2) is 15.7 Å². The fourth-order valence-corrected chi connectivity index (χ4v) is 9.45. The van der Waals surface area contributed by atoms with Crippen LogP contribution in [0.4, 0.5) is 0 Å². The molecule has 0 atom stereocenters. The monoisotopic (exact) mass is 1200 g/mol. The molecule has 83 heavy (non-hydrogen) atoms. The number of aromatic nitrogens is 17. The molecule has 0 amide bonds. The summed E-state index contributed by atoms with van der Waals surface area (Å²) in [6.07, 6.45) is 7.63. The van der Waals surface area contributed by atoms with Crippen molar-refractivity contribution in [2.24, 2.45) is 35.2 Å². The van der Waals surface area contributed by atoms with Crippen LogP contribution in [0.3, 0.4) is 0 Å². The summed E-state index contributed by atoms with van der Waals surface area (Å²) in [6.45, 7) is 3.94. The summed E-state index contributed by atoms with van der Waals surface area (Å²) >= 11 is 4.25. The predicted molar refractivity (Wildman–Crippen MR) is 294 cm³/mol. The Morgan fingerprint density at radius 1 is 0.494 bits per heavy atom. The van der Waals surface area contributed by atoms with Crippen LogP contribution in [0, 0.1) is 20.8 Å². The summed E-state index contributed by atoms with van der Waals surface area (Å²) in [7, 11) is 11.1. The molecule has 10 aromatic heterocycles. The Hall–Kier alpha value is -8.47. The minimum Gasteiger partial charge on any atom is -0.543 e. The number of carbonyl (C=O) groups excluding carboxylic acids is 4. The minimum absolute atomic E-state index is 0. The van der Waals surface area contributed by atoms with Gasteiger partial charge in [0.1, 0.15) is 46.9 Å². The number of ether oxygens (including phenoxy) is 2. The molecule has 0 aliphatic rings. The van der Waals surface area contributed by atoms with E-state index in [0.717, 1.165) is 20.7 Å². The van der Waals surface area contributed by atoms with Crippen molar-refractivity contribution in [2.45, 2.75) is 20.8 Å². The first-order chi connectivity index (χ1) is 39.2. The first kappa shape index (κ1) is 65.3. The molecule has 0 fully saturated rings. The molecule has 0 aliphatic carbocycles. The standard InChI is InChI=1S/C12H13N3O3.C11H11N3O3.C10H11N3O2S.C9H10N4O2S.C8H8N4O2S.Na/c1-15-12(10(17)7-16)8(6-13-15)9-4-3-5-11(14-9)18-2;1-14-10(11(15)16)7(6-12-14)8-4-3-5-9(13-8)17-2;1-6-12-8(5-16-6)7-3-11-13(2)10(7)9(15)4-14;1-5-11-12-9(16-5)6-3-10-13(2)8(6)7(15)4-14;1-4-10-11-7(15-4)5-3-9-12(2)6(5)8(13)14;/h3-6,16H,7H2,1-2H3;3-6H,1-2H3,(H,15,16);3,5,14H,4H2,1-2H3;3,14H,4H2,1-2H3;3H,1-2H3,(H,13,14);/q;;;;;+1/p-1. The number of thiazole rings is 1. The Labute approximate surface area is 505 Å². The molecule has 428 valence electrons. The number of nitrogens with zero attached hydrogens (tertiary/aromatic N) is 17. The number of pyridine rings is 2. The zero-order valence-electron chi connectivity index (χ0n) is 46.4. The molecular formula is C50H52N17NaO12S3. The predicted octanol–water partition coefficient (Wildman–Crippen LogP) is -0.0818. The van der Waals surface area contributed by atoms with Crippen molar-refractivity contribution in [1.29, 1.82) is 0 Å². The molecule has 10 heterocycles.